The zero-order chi connectivity index (χ0) is 23.8. The number of hydrogen-bond acceptors (Lipinski definition) is 3. The van der Waals surface area contributed by atoms with Gasteiger partial charge in [0, 0.05) is 10.8 Å². The first-order valence-corrected chi connectivity index (χ1v) is 13.8. The topological polar surface area (TPSA) is 35.5 Å². The van der Waals surface area contributed by atoms with Crippen LogP contribution in [-0.2, 0) is 14.3 Å². The van der Waals surface area contributed by atoms with E-state index in [-0.39, 0.29) is 34.6 Å². The lowest BCUT2D eigenvalue weighted by Crippen LogP contribution is -2.69. The van der Waals surface area contributed by atoms with Crippen LogP contribution in [0.25, 0.3) is 0 Å². The summed E-state index contributed by atoms with van der Waals surface area (Å²) in [6, 6.07) is 0. The fourth-order valence-corrected chi connectivity index (χ4v) is 11.9. The van der Waals surface area contributed by atoms with Gasteiger partial charge in [-0.15, -0.1) is 0 Å². The summed E-state index contributed by atoms with van der Waals surface area (Å²) in [6.45, 7) is 21.6. The third-order valence-corrected chi connectivity index (χ3v) is 13.5. The highest BCUT2D eigenvalue weighted by Gasteiger charge is 2.75. The van der Waals surface area contributed by atoms with Gasteiger partial charge < -0.3 is 9.47 Å². The minimum atomic E-state index is -0.378. The molecule has 2 heterocycles. The Kier molecular flexibility index (Phi) is 4.44. The summed E-state index contributed by atoms with van der Waals surface area (Å²) < 4.78 is 12.2. The molecule has 3 heteroatoms. The van der Waals surface area contributed by atoms with Gasteiger partial charge in [0.05, 0.1) is 0 Å². The lowest BCUT2D eigenvalue weighted by Gasteiger charge is -2.73. The normalized spacial score (nSPS) is 58.5. The molecule has 4 aliphatic carbocycles. The molecular formula is C30H46O3. The van der Waals surface area contributed by atoms with Gasteiger partial charge in [-0.3, -0.25) is 0 Å². The molecule has 3 nitrogen and oxygen atoms in total. The van der Waals surface area contributed by atoms with Crippen molar-refractivity contribution >= 4 is 5.97 Å². The molecule has 184 valence electrons. The Labute approximate surface area is 201 Å². The number of ether oxygens (including phenoxy) is 2. The number of rotatable bonds is 1. The summed E-state index contributed by atoms with van der Waals surface area (Å²) in [6.07, 6.45) is 9.65. The van der Waals surface area contributed by atoms with Gasteiger partial charge in [-0.2, -0.15) is 0 Å². The summed E-state index contributed by atoms with van der Waals surface area (Å²) in [4.78, 5) is 13.1. The third-order valence-electron chi connectivity index (χ3n) is 13.5. The zero-order valence-corrected chi connectivity index (χ0v) is 22.1. The first-order valence-electron chi connectivity index (χ1n) is 13.8. The molecule has 11 atom stereocenters. The van der Waals surface area contributed by atoms with Crippen LogP contribution in [0.2, 0.25) is 0 Å². The molecule has 0 radical (unpaired) electrons. The molecule has 0 amide bonds. The fourth-order valence-electron chi connectivity index (χ4n) is 11.9. The molecule has 6 aliphatic rings. The molecule has 11 unspecified atom stereocenters. The molecule has 2 aliphatic heterocycles. The molecule has 2 saturated heterocycles. The Morgan fingerprint density at radius 3 is 2.18 bits per heavy atom. The van der Waals surface area contributed by atoms with E-state index >= 15 is 0 Å². The average Bonchev–Trinajstić information content (AvgIpc) is 3.27. The van der Waals surface area contributed by atoms with Crippen molar-refractivity contribution in [3.8, 4) is 0 Å². The second-order valence-electron chi connectivity index (χ2n) is 14.7. The van der Waals surface area contributed by atoms with E-state index in [1.165, 1.54) is 56.9 Å². The highest BCUT2D eigenvalue weighted by Crippen LogP contribution is 2.78. The maximum Gasteiger partial charge on any atom is 0.338 e. The van der Waals surface area contributed by atoms with E-state index in [1.807, 2.05) is 0 Å². The summed E-state index contributed by atoms with van der Waals surface area (Å²) in [7, 11) is 0. The van der Waals surface area contributed by atoms with Gasteiger partial charge in [0.25, 0.3) is 0 Å². The molecule has 6 fully saturated rings. The van der Waals surface area contributed by atoms with Crippen molar-refractivity contribution in [1.82, 2.24) is 0 Å². The van der Waals surface area contributed by atoms with Gasteiger partial charge in [0.2, 0.25) is 6.29 Å². The molecule has 6 rings (SSSR count). The van der Waals surface area contributed by atoms with Gasteiger partial charge in [-0.05, 0) is 104 Å². The third kappa shape index (κ3) is 2.40. The van der Waals surface area contributed by atoms with Gasteiger partial charge in [-0.1, -0.05) is 53.7 Å². The van der Waals surface area contributed by atoms with E-state index in [0.717, 1.165) is 17.8 Å². The summed E-state index contributed by atoms with van der Waals surface area (Å²) in [5.41, 5.74) is 2.15. The van der Waals surface area contributed by atoms with Crippen LogP contribution in [0.3, 0.4) is 0 Å². The van der Waals surface area contributed by atoms with Crippen LogP contribution >= 0.6 is 0 Å². The van der Waals surface area contributed by atoms with E-state index in [1.54, 1.807) is 0 Å². The SMILES string of the molecule is C=C(C)C1CCC2(C)C1CCC1(C)C2CCC2C3(C)C4OC(OC4=O)C(C)(C)C3CCC21C. The summed E-state index contributed by atoms with van der Waals surface area (Å²) in [5, 5.41) is 0. The molecule has 2 bridgehead atoms. The predicted molar refractivity (Wildman–Crippen MR) is 130 cm³/mol. The van der Waals surface area contributed by atoms with Gasteiger partial charge in [0.15, 0.2) is 6.10 Å². The largest absolute Gasteiger partial charge is 0.433 e. The zero-order valence-electron chi connectivity index (χ0n) is 22.1. The smallest absolute Gasteiger partial charge is 0.338 e. The molecule has 4 saturated carbocycles. The van der Waals surface area contributed by atoms with Crippen LogP contribution in [0.1, 0.15) is 99.8 Å². The number of fused-ring (bicyclic) bond motifs is 10. The average molecular weight is 455 g/mol. The Bertz CT molecular complexity index is 906. The first-order chi connectivity index (χ1) is 15.3. The standard InChI is InChI=1S/C30H46O3/c1-17(2)18-11-14-27(5)19(18)12-15-28(6)21(27)9-10-22-29(28,7)16-13-20-26(3,4)25-32-23(24(31)33-25)30(20,22)8/h18-23,25H,1,9-16H2,2-8H3. The van der Waals surface area contributed by atoms with E-state index in [9.17, 15) is 4.79 Å². The molecule has 0 N–H and O–H groups in total. The van der Waals surface area contributed by atoms with E-state index in [2.05, 4.69) is 55.0 Å². The van der Waals surface area contributed by atoms with Crippen molar-refractivity contribution in [2.24, 2.45) is 56.7 Å². The van der Waals surface area contributed by atoms with Crippen molar-refractivity contribution in [2.75, 3.05) is 0 Å². The van der Waals surface area contributed by atoms with Crippen molar-refractivity contribution in [3.05, 3.63) is 12.2 Å². The second kappa shape index (κ2) is 6.48. The highest BCUT2D eigenvalue weighted by atomic mass is 16.8. The van der Waals surface area contributed by atoms with Crippen LogP contribution in [0, 0.1) is 56.7 Å². The Morgan fingerprint density at radius 1 is 0.848 bits per heavy atom. The monoisotopic (exact) mass is 454 g/mol. The van der Waals surface area contributed by atoms with Crippen LogP contribution in [0.5, 0.6) is 0 Å². The molecule has 0 aromatic carbocycles. The van der Waals surface area contributed by atoms with Gasteiger partial charge in [0.1, 0.15) is 0 Å². The van der Waals surface area contributed by atoms with Crippen molar-refractivity contribution in [1.29, 1.82) is 0 Å². The molecular weight excluding hydrogens is 408 g/mol. The quantitative estimate of drug-likeness (QED) is 0.312. The highest BCUT2D eigenvalue weighted by molar-refractivity contribution is 5.78. The number of allylic oxidation sites excluding steroid dienone is 1. The molecule has 0 aromatic heterocycles. The maximum absolute atomic E-state index is 13.1. The molecule has 0 aromatic rings. The van der Waals surface area contributed by atoms with Crippen LogP contribution in [0.4, 0.5) is 0 Å². The van der Waals surface area contributed by atoms with E-state index in [0.29, 0.717) is 22.7 Å². The lowest BCUT2D eigenvalue weighted by molar-refractivity contribution is -0.298. The van der Waals surface area contributed by atoms with Crippen LogP contribution in [-0.4, -0.2) is 18.4 Å². The minimum absolute atomic E-state index is 0.0923. The number of carbonyl (C=O) groups excluding carboxylic acids is 1. The van der Waals surface area contributed by atoms with E-state index < -0.39 is 0 Å². The summed E-state index contributed by atoms with van der Waals surface area (Å²) >= 11 is 0. The Morgan fingerprint density at radius 2 is 1.48 bits per heavy atom. The van der Waals surface area contributed by atoms with Crippen molar-refractivity contribution in [3.63, 3.8) is 0 Å². The molecule has 0 spiro atoms. The number of hydrogen-bond donors (Lipinski definition) is 0. The predicted octanol–water partition coefficient (Wildman–Crippen LogP) is 7.15. The van der Waals surface area contributed by atoms with Gasteiger partial charge in [-0.25, -0.2) is 4.79 Å². The Hall–Kier alpha value is -0.830. The van der Waals surface area contributed by atoms with Gasteiger partial charge >= 0.3 is 5.97 Å². The molecule has 33 heavy (non-hydrogen) atoms. The maximum atomic E-state index is 13.1. The second-order valence-corrected chi connectivity index (χ2v) is 14.7. The van der Waals surface area contributed by atoms with Crippen LogP contribution < -0.4 is 0 Å². The fraction of sp³-hybridized carbons (Fsp3) is 0.900. The number of carbonyl (C=O) groups is 1. The first kappa shape index (κ1) is 22.6. The van der Waals surface area contributed by atoms with Crippen molar-refractivity contribution in [2.45, 2.75) is 112 Å². The van der Waals surface area contributed by atoms with Crippen LogP contribution in [0.15, 0.2) is 12.2 Å². The van der Waals surface area contributed by atoms with Crippen molar-refractivity contribution < 1.29 is 14.3 Å². The Balaban J connectivity index is 1.42. The lowest BCUT2D eigenvalue weighted by atomic mass is 9.32. The van der Waals surface area contributed by atoms with E-state index in [4.69, 9.17) is 9.47 Å². The number of esters is 1. The summed E-state index contributed by atoms with van der Waals surface area (Å²) in [5.74, 6) is 3.20. The minimum Gasteiger partial charge on any atom is -0.433 e.